The zero-order chi connectivity index (χ0) is 25.3. The summed E-state index contributed by atoms with van der Waals surface area (Å²) in [5.41, 5.74) is 0.125. The molecule has 0 amide bonds. The Bertz CT molecular complexity index is 833. The first-order chi connectivity index (χ1) is 16.3. The van der Waals surface area contributed by atoms with Crippen LogP contribution in [0.15, 0.2) is 24.3 Å². The molecule has 34 heavy (non-hydrogen) atoms. The Morgan fingerprint density at radius 1 is 0.794 bits per heavy atom. The van der Waals surface area contributed by atoms with E-state index in [1.54, 1.807) is 12.1 Å². The minimum Gasteiger partial charge on any atom is -0.465 e. The largest absolute Gasteiger partial charge is 0.465 e. The van der Waals surface area contributed by atoms with Gasteiger partial charge in [0.25, 0.3) is 0 Å². The average molecular weight is 481 g/mol. The summed E-state index contributed by atoms with van der Waals surface area (Å²) in [4.78, 5) is 59.1. The minimum absolute atomic E-state index is 0.0167. The highest BCUT2D eigenvalue weighted by Gasteiger charge is 2.22. The fourth-order valence-corrected chi connectivity index (χ4v) is 2.96. The molecule has 1 aromatic carbocycles. The van der Waals surface area contributed by atoms with Crippen LogP contribution >= 0.6 is 0 Å². The second kappa shape index (κ2) is 16.2. The second-order valence-electron chi connectivity index (χ2n) is 7.28. The number of unbranched alkanes of at least 4 members (excludes halogenated alkanes) is 1. The van der Waals surface area contributed by atoms with Gasteiger partial charge < -0.3 is 23.7 Å². The molecule has 10 nitrogen and oxygen atoms in total. The van der Waals surface area contributed by atoms with Gasteiger partial charge in [0, 0.05) is 13.3 Å². The minimum atomic E-state index is -0.740. The summed E-state index contributed by atoms with van der Waals surface area (Å²) in [5, 5.41) is 0. The number of benzene rings is 1. The third-order valence-electron chi connectivity index (χ3n) is 4.70. The van der Waals surface area contributed by atoms with Crippen molar-refractivity contribution in [3.63, 3.8) is 0 Å². The van der Waals surface area contributed by atoms with Crippen LogP contribution in [0, 0.1) is 5.92 Å². The van der Waals surface area contributed by atoms with Gasteiger partial charge in [-0.25, -0.2) is 9.59 Å². The number of ether oxygens (including phenoxy) is 5. The van der Waals surface area contributed by atoms with Gasteiger partial charge in [-0.3, -0.25) is 14.4 Å². The smallest absolute Gasteiger partial charge is 0.339 e. The van der Waals surface area contributed by atoms with Gasteiger partial charge in [0.15, 0.2) is 0 Å². The summed E-state index contributed by atoms with van der Waals surface area (Å²) in [5.74, 6) is -3.36. The standard InChI is InChI=1S/C24H32O10/c1-4-5-8-18(11-12-21(26)32-14-13-31-17(2)25)22(27)33-15-16-34-24(29)20-10-7-6-9-19(20)23(28)30-3/h6-7,9-10,18H,4-5,8,11-16H2,1-3H3. The van der Waals surface area contributed by atoms with Gasteiger partial charge in [0.2, 0.25) is 0 Å². The SMILES string of the molecule is CCCCC(CCC(=O)OCCOC(C)=O)C(=O)OCCOC(=O)c1ccccc1C(=O)OC. The quantitative estimate of drug-likeness (QED) is 0.210. The summed E-state index contributed by atoms with van der Waals surface area (Å²) in [6, 6.07) is 6.06. The zero-order valence-electron chi connectivity index (χ0n) is 19.8. The second-order valence-corrected chi connectivity index (χ2v) is 7.28. The van der Waals surface area contributed by atoms with Crippen LogP contribution in [0.1, 0.15) is 66.7 Å². The number of rotatable bonds is 15. The molecule has 10 heteroatoms. The maximum Gasteiger partial charge on any atom is 0.339 e. The predicted octanol–water partition coefficient (Wildman–Crippen LogP) is 2.87. The molecule has 0 aliphatic rings. The van der Waals surface area contributed by atoms with Gasteiger partial charge in [-0.1, -0.05) is 31.9 Å². The van der Waals surface area contributed by atoms with E-state index in [1.165, 1.54) is 26.2 Å². The van der Waals surface area contributed by atoms with Crippen LogP contribution in [-0.2, 0) is 38.1 Å². The van der Waals surface area contributed by atoms with Gasteiger partial charge in [0.05, 0.1) is 24.2 Å². The highest BCUT2D eigenvalue weighted by Crippen LogP contribution is 2.18. The molecule has 1 rings (SSSR count). The highest BCUT2D eigenvalue weighted by atomic mass is 16.6. The molecule has 0 saturated carbocycles. The highest BCUT2D eigenvalue weighted by molar-refractivity contribution is 6.03. The Morgan fingerprint density at radius 3 is 2.00 bits per heavy atom. The molecule has 0 heterocycles. The summed E-state index contributed by atoms with van der Waals surface area (Å²) in [6.45, 7) is 2.81. The lowest BCUT2D eigenvalue weighted by Crippen LogP contribution is -2.22. The van der Waals surface area contributed by atoms with Crippen LogP contribution in [0.4, 0.5) is 0 Å². The van der Waals surface area contributed by atoms with Crippen LogP contribution in [-0.4, -0.2) is 63.4 Å². The predicted molar refractivity (Wildman–Crippen MR) is 119 cm³/mol. The summed E-state index contributed by atoms with van der Waals surface area (Å²) >= 11 is 0. The van der Waals surface area contributed by atoms with Crippen molar-refractivity contribution in [1.82, 2.24) is 0 Å². The Morgan fingerprint density at radius 2 is 1.38 bits per heavy atom. The van der Waals surface area contributed by atoms with E-state index in [1.807, 2.05) is 6.92 Å². The van der Waals surface area contributed by atoms with Crippen LogP contribution in [0.3, 0.4) is 0 Å². The molecule has 0 fully saturated rings. The molecule has 0 aliphatic carbocycles. The van der Waals surface area contributed by atoms with Crippen molar-refractivity contribution in [2.45, 2.75) is 46.0 Å². The number of hydrogen-bond acceptors (Lipinski definition) is 10. The Balaban J connectivity index is 2.47. The van der Waals surface area contributed by atoms with Crippen molar-refractivity contribution in [3.8, 4) is 0 Å². The van der Waals surface area contributed by atoms with Crippen LogP contribution in [0.25, 0.3) is 0 Å². The van der Waals surface area contributed by atoms with Crippen molar-refractivity contribution >= 4 is 29.8 Å². The van der Waals surface area contributed by atoms with E-state index in [-0.39, 0.29) is 50.4 Å². The molecule has 0 saturated heterocycles. The molecule has 1 unspecified atom stereocenters. The lowest BCUT2D eigenvalue weighted by atomic mass is 9.97. The molecular formula is C24H32O10. The van der Waals surface area contributed by atoms with Gasteiger partial charge >= 0.3 is 29.8 Å². The number of carbonyl (C=O) groups excluding carboxylic acids is 5. The average Bonchev–Trinajstić information content (AvgIpc) is 2.83. The molecule has 188 valence electrons. The number of hydrogen-bond donors (Lipinski definition) is 0. The molecule has 0 bridgehead atoms. The fraction of sp³-hybridized carbons (Fsp3) is 0.542. The number of carbonyl (C=O) groups is 5. The maximum absolute atomic E-state index is 12.5. The van der Waals surface area contributed by atoms with Gasteiger partial charge in [-0.15, -0.1) is 0 Å². The van der Waals surface area contributed by atoms with Crippen LogP contribution < -0.4 is 0 Å². The van der Waals surface area contributed by atoms with E-state index in [2.05, 4.69) is 9.47 Å². The normalized spacial score (nSPS) is 11.1. The summed E-state index contributed by atoms with van der Waals surface area (Å²) in [7, 11) is 1.21. The first-order valence-electron chi connectivity index (χ1n) is 11.1. The fourth-order valence-electron chi connectivity index (χ4n) is 2.96. The Labute approximate surface area is 198 Å². The molecule has 0 aromatic heterocycles. The Kier molecular flexibility index (Phi) is 13.6. The van der Waals surface area contributed by atoms with E-state index in [0.717, 1.165) is 12.8 Å². The van der Waals surface area contributed by atoms with Crippen molar-refractivity contribution in [1.29, 1.82) is 0 Å². The maximum atomic E-state index is 12.5. The topological polar surface area (TPSA) is 132 Å². The van der Waals surface area contributed by atoms with E-state index >= 15 is 0 Å². The van der Waals surface area contributed by atoms with E-state index in [9.17, 15) is 24.0 Å². The lowest BCUT2D eigenvalue weighted by Gasteiger charge is -2.16. The lowest BCUT2D eigenvalue weighted by molar-refractivity contribution is -0.153. The van der Waals surface area contributed by atoms with E-state index < -0.39 is 35.8 Å². The first-order valence-corrected chi connectivity index (χ1v) is 11.1. The molecule has 0 N–H and O–H groups in total. The third-order valence-corrected chi connectivity index (χ3v) is 4.70. The third kappa shape index (κ3) is 10.9. The summed E-state index contributed by atoms with van der Waals surface area (Å²) in [6.07, 6.45) is 2.46. The van der Waals surface area contributed by atoms with Crippen molar-refractivity contribution in [2.75, 3.05) is 33.5 Å². The monoisotopic (exact) mass is 480 g/mol. The molecule has 0 spiro atoms. The number of esters is 5. The van der Waals surface area contributed by atoms with E-state index in [0.29, 0.717) is 6.42 Å². The van der Waals surface area contributed by atoms with Gasteiger partial charge in [-0.2, -0.15) is 0 Å². The Hall–Kier alpha value is -3.43. The molecular weight excluding hydrogens is 448 g/mol. The first kappa shape index (κ1) is 28.6. The zero-order valence-corrected chi connectivity index (χ0v) is 19.8. The molecule has 1 atom stereocenters. The van der Waals surface area contributed by atoms with Crippen molar-refractivity contribution < 1.29 is 47.7 Å². The van der Waals surface area contributed by atoms with Gasteiger partial charge in [-0.05, 0) is 25.0 Å². The summed E-state index contributed by atoms with van der Waals surface area (Å²) < 4.78 is 24.6. The number of methoxy groups -OCH3 is 1. The molecule has 0 aliphatic heterocycles. The molecule has 0 radical (unpaired) electrons. The van der Waals surface area contributed by atoms with Crippen molar-refractivity contribution in [3.05, 3.63) is 35.4 Å². The van der Waals surface area contributed by atoms with Crippen LogP contribution in [0.5, 0.6) is 0 Å². The van der Waals surface area contributed by atoms with Gasteiger partial charge in [0.1, 0.15) is 26.4 Å². The molecule has 1 aromatic rings. The van der Waals surface area contributed by atoms with E-state index in [4.69, 9.17) is 14.2 Å². The van der Waals surface area contributed by atoms with Crippen LogP contribution in [0.2, 0.25) is 0 Å². The van der Waals surface area contributed by atoms with Crippen molar-refractivity contribution in [2.24, 2.45) is 5.92 Å².